The van der Waals surface area contributed by atoms with Crippen LogP contribution in [-0.2, 0) is 58.9 Å². The number of halogens is 5. The Morgan fingerprint density at radius 3 is 0.785 bits per heavy atom. The molecule has 27 heteroatoms. The van der Waals surface area contributed by atoms with E-state index in [0.717, 1.165) is 102 Å². The smallest absolute Gasteiger partial charge is 0.373 e. The zero-order chi connectivity index (χ0) is 113. The monoisotopic (exact) mass is 2530 g/mol. The van der Waals surface area contributed by atoms with Gasteiger partial charge in [0, 0.05) is 171 Å². The first kappa shape index (κ1) is 154. The van der Waals surface area contributed by atoms with Crippen LogP contribution in [0.1, 0.15) is 437 Å². The molecular weight excluding hydrogens is 2300 g/mol. The fourth-order valence-corrected chi connectivity index (χ4v) is 32.9. The molecule has 874 valence electrons. The van der Waals surface area contributed by atoms with Gasteiger partial charge in [-0.05, 0) is 176 Å². The van der Waals surface area contributed by atoms with Gasteiger partial charge in [0.25, 0.3) is 0 Å². The summed E-state index contributed by atoms with van der Waals surface area (Å²) in [5, 5.41) is 0. The van der Waals surface area contributed by atoms with Crippen molar-refractivity contribution in [2.75, 3.05) is 39.8 Å². The molecule has 0 amide bonds. The topological polar surface area (TPSA) is 269 Å². The Hall–Kier alpha value is -1.01. The highest BCUT2D eigenvalue weighted by Crippen LogP contribution is 2.44. The van der Waals surface area contributed by atoms with Gasteiger partial charge < -0.3 is 26.7 Å². The summed E-state index contributed by atoms with van der Waals surface area (Å²) in [6.45, 7) is 56.8. The number of nitrogens with two attached hydrogens (primary N) is 3. The highest BCUT2D eigenvalue weighted by atomic mass is 127. The van der Waals surface area contributed by atoms with Gasteiger partial charge in [0.2, 0.25) is 0 Å². The van der Waals surface area contributed by atoms with Gasteiger partial charge in [0.1, 0.15) is 0 Å². The van der Waals surface area contributed by atoms with Crippen LogP contribution < -0.4 is 27.8 Å². The Labute approximate surface area is 965 Å². The van der Waals surface area contributed by atoms with Gasteiger partial charge in [-0.25, -0.2) is 0 Å². The lowest BCUT2D eigenvalue weighted by atomic mass is 9.72. The average molecular weight is 2540 g/mol. The highest BCUT2D eigenvalue weighted by Gasteiger charge is 2.42. The van der Waals surface area contributed by atoms with E-state index in [1.54, 1.807) is 0 Å². The molecule has 6 atom stereocenters. The normalized spacial score (nSPS) is 16.8. The molecule has 0 aromatic heterocycles. The van der Waals surface area contributed by atoms with Gasteiger partial charge in [-0.3, -0.25) is 19.4 Å². The van der Waals surface area contributed by atoms with Crippen LogP contribution in [0.2, 0.25) is 154 Å². The average Bonchev–Trinajstić information content (AvgIpc) is 0.788. The summed E-state index contributed by atoms with van der Waals surface area (Å²) in [5.74, 6) is 3.32. The molecule has 4 fully saturated rings. The van der Waals surface area contributed by atoms with Crippen molar-refractivity contribution >= 4 is 142 Å². The van der Waals surface area contributed by atoms with E-state index in [1.165, 1.54) is 375 Å². The maximum atomic E-state index is 12.4. The molecule has 16 nitrogen and oxygen atoms in total. The Bertz CT molecular complexity index is 3420. The summed E-state index contributed by atoms with van der Waals surface area (Å²) < 4.78 is 47.0. The second-order valence-electron chi connectivity index (χ2n) is 52.6. The highest BCUT2D eigenvalue weighted by molar-refractivity contribution is 14.1. The largest absolute Gasteiger partial charge is 0.381 e. The van der Waals surface area contributed by atoms with E-state index in [9.17, 15) is 8.78 Å². The van der Waals surface area contributed by atoms with Gasteiger partial charge in [-0.15, -0.1) is 0 Å². The number of rotatable bonds is 71. The van der Waals surface area contributed by atoms with Crippen LogP contribution in [0.15, 0.2) is 60.7 Å². The second-order valence-corrected chi connectivity index (χ2v) is 88.0. The van der Waals surface area contributed by atoms with E-state index in [-0.39, 0.29) is 65.6 Å². The van der Waals surface area contributed by atoms with Crippen LogP contribution >= 0.6 is 68.6 Å². The number of unbranched alkanes of at least 4 members (excludes halogenated alkanes) is 18. The summed E-state index contributed by atoms with van der Waals surface area (Å²) >= 11 is 7.21. The predicted molar refractivity (Wildman–Crippen MR) is 677 cm³/mol. The Morgan fingerprint density at radius 1 is 0.289 bits per heavy atom. The molecule has 2 aliphatic heterocycles. The van der Waals surface area contributed by atoms with Crippen molar-refractivity contribution in [3.63, 3.8) is 0 Å². The first-order valence-corrected chi connectivity index (χ1v) is 85.9. The van der Waals surface area contributed by atoms with Crippen molar-refractivity contribution in [1.29, 1.82) is 0 Å². The lowest BCUT2D eigenvalue weighted by Crippen LogP contribution is -2.46. The summed E-state index contributed by atoms with van der Waals surface area (Å²) in [5.41, 5.74) is 24.0. The fraction of sp³-hybridized carbons (Fsp3) is 0.869. The molecular formula is C122H237F2I3N6O10Si6. The number of hydrogen-bond donors (Lipinski definition) is 6. The van der Waals surface area contributed by atoms with Crippen molar-refractivity contribution in [1.82, 2.24) is 10.6 Å². The van der Waals surface area contributed by atoms with Gasteiger partial charge in [0.15, 0.2) is 0 Å². The van der Waals surface area contributed by atoms with Crippen LogP contribution in [-0.4, -0.2) is 135 Å². The van der Waals surface area contributed by atoms with Crippen LogP contribution in [0.4, 0.5) is 8.78 Å². The molecule has 2 heterocycles. The summed E-state index contributed by atoms with van der Waals surface area (Å²) in [4.78, 5) is 65.0. The molecule has 2 aliphatic carbocycles. The van der Waals surface area contributed by atoms with E-state index in [1.807, 2.05) is 0 Å². The van der Waals surface area contributed by atoms with E-state index in [0.29, 0.717) is 23.8 Å². The molecule has 4 aliphatic rings. The Kier molecular flexibility index (Phi) is 97.9. The summed E-state index contributed by atoms with van der Waals surface area (Å²) in [6.07, 6.45) is 81.7. The summed E-state index contributed by atoms with van der Waals surface area (Å²) in [6, 6.07) is 30.5. The SMILES string of the molecule is CCCCCC(CCCCC1CCCCC1)(CCCC[Si](C)(C)C)NI.CCCCCC(CCCCF)(CCCC[Si](C)(C)C)NI.CCCCCC(N)(CCCCC1CCCCC1)CCCC[Si](C)(C)C.CCCCCC(N)(CCCCF)CCCC[Si](C)(C)C.C[Si](C)(C)CCCCC(N)(c1ccccc1)C1CCOCC1.C[Si](C)(C)CCCCC(NI)(c1ccccc1)C1CCOCC1.O=C=O.O=C=O.O=C=O.O=C=O. The predicted octanol–water partition coefficient (Wildman–Crippen LogP) is 37.8. The molecule has 6 rings (SSSR count). The summed E-state index contributed by atoms with van der Waals surface area (Å²) in [7, 11) is -5.41. The van der Waals surface area contributed by atoms with Crippen molar-refractivity contribution in [3.05, 3.63) is 71.8 Å². The van der Waals surface area contributed by atoms with Gasteiger partial charge >= 0.3 is 24.6 Å². The molecule has 2 aromatic carbocycles. The van der Waals surface area contributed by atoms with Crippen LogP contribution in [0, 0.1) is 23.7 Å². The van der Waals surface area contributed by atoms with E-state index < -0.39 is 48.4 Å². The molecule has 149 heavy (non-hydrogen) atoms. The maximum absolute atomic E-state index is 12.4. The number of hydrogen-bond acceptors (Lipinski definition) is 16. The van der Waals surface area contributed by atoms with Crippen molar-refractivity contribution in [2.45, 2.75) is 613 Å². The lowest BCUT2D eigenvalue weighted by molar-refractivity contribution is -0.193. The third-order valence-corrected chi connectivity index (χ3v) is 46.0. The first-order valence-electron chi connectivity index (χ1n) is 60.4. The minimum Gasteiger partial charge on any atom is -0.381 e. The minimum atomic E-state index is -0.933. The number of carbonyl (C=O) groups excluding carboxylic acids is 8. The number of nitrogens with one attached hydrogen (secondary N) is 3. The maximum Gasteiger partial charge on any atom is 0.373 e. The van der Waals surface area contributed by atoms with Crippen molar-refractivity contribution < 1.29 is 56.6 Å². The quantitative estimate of drug-likeness (QED) is 0.0155. The second kappa shape index (κ2) is 94.6. The lowest BCUT2D eigenvalue weighted by Gasteiger charge is -2.42. The molecule has 0 spiro atoms. The molecule has 6 unspecified atom stereocenters. The minimum absolute atomic E-state index is 0.0240. The number of benzene rings is 2. The van der Waals surface area contributed by atoms with Gasteiger partial charge in [-0.1, -0.05) is 499 Å². The van der Waals surface area contributed by atoms with Crippen molar-refractivity contribution in [3.8, 4) is 0 Å². The third-order valence-electron chi connectivity index (χ3n) is 31.6. The van der Waals surface area contributed by atoms with Crippen LogP contribution in [0.5, 0.6) is 0 Å². The Balaban J connectivity index is -0.000000829. The van der Waals surface area contributed by atoms with Gasteiger partial charge in [0.05, 0.1) is 18.9 Å². The van der Waals surface area contributed by atoms with Crippen molar-refractivity contribution in [2.24, 2.45) is 40.9 Å². The molecule has 0 bridgehead atoms. The van der Waals surface area contributed by atoms with E-state index in [4.69, 9.17) is 65.0 Å². The number of ether oxygens (including phenoxy) is 2. The molecule has 2 saturated carbocycles. The Morgan fingerprint density at radius 2 is 0.517 bits per heavy atom. The van der Waals surface area contributed by atoms with Crippen LogP contribution in [0.3, 0.4) is 0 Å². The molecule has 9 N–H and O–H groups in total. The molecule has 0 radical (unpaired) electrons. The molecule has 2 aromatic rings. The van der Waals surface area contributed by atoms with E-state index >= 15 is 0 Å². The zero-order valence-electron chi connectivity index (χ0n) is 101. The zero-order valence-corrected chi connectivity index (χ0v) is 113. The number of alkyl halides is 2. The third kappa shape index (κ3) is 89.3. The van der Waals surface area contributed by atoms with Crippen LogP contribution in [0.25, 0.3) is 0 Å². The first-order chi connectivity index (χ1) is 70.5. The van der Waals surface area contributed by atoms with Gasteiger partial charge in [-0.2, -0.15) is 38.4 Å². The fourth-order valence-electron chi connectivity index (χ4n) is 22.4. The van der Waals surface area contributed by atoms with E-state index in [2.05, 4.69) is 285 Å². The molecule has 2 saturated heterocycles. The standard InChI is InChI=1S/C23H48INSi.C23H49NSi.C19H32INOSi.C19H33NOSi.C17H37FINSi.C17H38FNSi.4CO2/c1-5-6-11-18-23(25-24,20-13-14-21-26(2,3)4)19-12-10-17-22-15-8-7-9-16-22;1-5-6-11-18-23(24,20-13-14-21-25(2,3)4)19-12-10-17-22-15-8-7-9-16-22;1-23(2,3)16-8-7-13-19(21-20,17-9-5-4-6-10-17)18-11-14-22-15-12-18;1-22(2,3)16-8-7-13-19(20,17-9-5-4-6-10-17)18-11-14-21-15-12-18;1-5-6-7-12-17(20-19,13-8-10-15-18)14-9-11-16-21(2,3)4;1-5-6-7-12-17(19,13-8-10-15-18)14-9-11-16-20(2,3)4;4*2-1-3/h22,25H,5-21H2,1-4H3;22H,5-21,24H2,1-4H3;4-6,9-10,18,21H,7-8,11-16H2,1-3H3;4-6,9-10,18H,7-8,11-16,20H2,1-3H3;20H,5-16H2,1-4H3;5-16,19H2,1-4H3;;;;.